The van der Waals surface area contributed by atoms with Gasteiger partial charge in [-0.15, -0.1) is 0 Å². The van der Waals surface area contributed by atoms with Crippen molar-refractivity contribution in [3.63, 3.8) is 0 Å². The minimum Gasteiger partial charge on any atom is -0.438 e. The van der Waals surface area contributed by atoms with Crippen molar-refractivity contribution in [1.82, 2.24) is 4.98 Å². The summed E-state index contributed by atoms with van der Waals surface area (Å²) >= 11 is 6.67. The maximum atomic E-state index is 8.78. The lowest BCUT2D eigenvalue weighted by Crippen LogP contribution is -1.89. The molecule has 0 aliphatic heterocycles. The molecule has 0 amide bonds. The Hall–Kier alpha value is -1.38. The average molecular weight is 354 g/mol. The summed E-state index contributed by atoms with van der Waals surface area (Å²) in [6, 6.07) is 10.8. The van der Waals surface area contributed by atoms with Crippen molar-refractivity contribution in [1.29, 1.82) is 5.26 Å². The first kappa shape index (κ1) is 12.1. The summed E-state index contributed by atoms with van der Waals surface area (Å²) in [6.45, 7) is 0. The monoisotopic (exact) mass is 352 g/mol. The predicted molar refractivity (Wildman–Crippen MR) is 70.9 cm³/mol. The van der Waals surface area contributed by atoms with Gasteiger partial charge in [-0.1, -0.05) is 6.07 Å². The Balaban J connectivity index is 2.28. The van der Waals surface area contributed by atoms with E-state index in [0.717, 1.165) is 8.95 Å². The molecule has 2 rings (SSSR count). The Morgan fingerprint density at radius 2 is 2.06 bits per heavy atom. The van der Waals surface area contributed by atoms with Gasteiger partial charge in [0.15, 0.2) is 0 Å². The summed E-state index contributed by atoms with van der Waals surface area (Å²) in [5, 5.41) is 8.78. The Labute approximate surface area is 115 Å². The smallest absolute Gasteiger partial charge is 0.233 e. The summed E-state index contributed by atoms with van der Waals surface area (Å²) in [5.74, 6) is 1.04. The fraction of sp³-hybridized carbons (Fsp3) is 0. The minimum absolute atomic E-state index is 0.461. The second-order valence-corrected chi connectivity index (χ2v) is 4.95. The van der Waals surface area contributed by atoms with Gasteiger partial charge < -0.3 is 4.74 Å². The quantitative estimate of drug-likeness (QED) is 0.809. The van der Waals surface area contributed by atoms with Gasteiger partial charge in [0.2, 0.25) is 5.88 Å². The van der Waals surface area contributed by atoms with Crippen molar-refractivity contribution < 1.29 is 4.74 Å². The molecular weight excluding hydrogens is 348 g/mol. The van der Waals surface area contributed by atoms with E-state index in [2.05, 4.69) is 42.9 Å². The third-order valence-corrected chi connectivity index (χ3v) is 2.95. The Morgan fingerprint density at radius 1 is 1.24 bits per heavy atom. The first-order valence-corrected chi connectivity index (χ1v) is 6.27. The van der Waals surface area contributed by atoms with Crippen LogP contribution >= 0.6 is 31.9 Å². The number of ether oxygens (including phenoxy) is 1. The molecule has 0 aliphatic rings. The number of benzene rings is 1. The second kappa shape index (κ2) is 5.30. The molecule has 3 nitrogen and oxygen atoms in total. The molecule has 84 valence electrons. The first-order valence-electron chi connectivity index (χ1n) is 4.68. The molecule has 0 saturated carbocycles. The third kappa shape index (κ3) is 3.05. The van der Waals surface area contributed by atoms with Crippen molar-refractivity contribution in [3.8, 4) is 17.7 Å². The second-order valence-electron chi connectivity index (χ2n) is 3.18. The zero-order valence-electron chi connectivity index (χ0n) is 8.52. The lowest BCUT2D eigenvalue weighted by Gasteiger charge is -2.06. The van der Waals surface area contributed by atoms with Crippen LogP contribution < -0.4 is 4.74 Å². The van der Waals surface area contributed by atoms with Crippen LogP contribution in [0.25, 0.3) is 0 Å². The molecule has 5 heteroatoms. The number of hydrogen-bond acceptors (Lipinski definition) is 3. The van der Waals surface area contributed by atoms with Crippen LogP contribution in [0.2, 0.25) is 0 Å². The van der Waals surface area contributed by atoms with E-state index in [0.29, 0.717) is 17.2 Å². The van der Waals surface area contributed by atoms with Crippen LogP contribution in [0.15, 0.2) is 45.5 Å². The van der Waals surface area contributed by atoms with Gasteiger partial charge in [0, 0.05) is 10.7 Å². The summed E-state index contributed by atoms with van der Waals surface area (Å²) in [4.78, 5) is 4.13. The van der Waals surface area contributed by atoms with Gasteiger partial charge in [-0.25, -0.2) is 4.98 Å². The lowest BCUT2D eigenvalue weighted by atomic mass is 10.2. The molecule has 0 aliphatic carbocycles. The number of pyridine rings is 1. The van der Waals surface area contributed by atoms with E-state index in [9.17, 15) is 0 Å². The topological polar surface area (TPSA) is 45.9 Å². The van der Waals surface area contributed by atoms with E-state index in [1.165, 1.54) is 0 Å². The number of nitrogens with zero attached hydrogens (tertiary/aromatic N) is 2. The number of aromatic nitrogens is 1. The summed E-state index contributed by atoms with van der Waals surface area (Å²) in [5.41, 5.74) is 0.552. The van der Waals surface area contributed by atoms with Crippen molar-refractivity contribution in [2.45, 2.75) is 0 Å². The highest BCUT2D eigenvalue weighted by Crippen LogP contribution is 2.29. The molecule has 0 saturated heterocycles. The fourth-order valence-electron chi connectivity index (χ4n) is 1.22. The van der Waals surface area contributed by atoms with Crippen molar-refractivity contribution >= 4 is 31.9 Å². The molecule has 0 bridgehead atoms. The normalized spacial score (nSPS) is 9.71. The van der Waals surface area contributed by atoms with Gasteiger partial charge in [0.25, 0.3) is 0 Å². The maximum absolute atomic E-state index is 8.78. The highest BCUT2D eigenvalue weighted by Gasteiger charge is 2.05. The largest absolute Gasteiger partial charge is 0.438 e. The Bertz CT molecular complexity index is 593. The molecule has 17 heavy (non-hydrogen) atoms. The first-order chi connectivity index (χ1) is 8.19. The molecule has 0 unspecified atom stereocenters. The van der Waals surface area contributed by atoms with E-state index >= 15 is 0 Å². The van der Waals surface area contributed by atoms with Gasteiger partial charge in [0.1, 0.15) is 5.75 Å². The van der Waals surface area contributed by atoms with Gasteiger partial charge in [-0.2, -0.15) is 5.26 Å². The number of nitriles is 1. The van der Waals surface area contributed by atoms with Crippen LogP contribution in [-0.2, 0) is 0 Å². The standard InChI is InChI=1S/C12H6Br2N2O/c13-9-5-11(14)12(16-7-9)17-10-3-1-2-8(4-10)6-15/h1-5,7H. The lowest BCUT2D eigenvalue weighted by molar-refractivity contribution is 0.459. The summed E-state index contributed by atoms with van der Waals surface area (Å²) < 4.78 is 7.18. The van der Waals surface area contributed by atoms with Gasteiger partial charge in [-0.05, 0) is 56.1 Å². The van der Waals surface area contributed by atoms with Crippen LogP contribution in [0.5, 0.6) is 11.6 Å². The predicted octanol–water partition coefficient (Wildman–Crippen LogP) is 4.27. The summed E-state index contributed by atoms with van der Waals surface area (Å²) in [6.07, 6.45) is 1.65. The van der Waals surface area contributed by atoms with Crippen LogP contribution in [0.4, 0.5) is 0 Å². The van der Waals surface area contributed by atoms with Gasteiger partial charge >= 0.3 is 0 Å². The number of hydrogen-bond donors (Lipinski definition) is 0. The Kier molecular flexibility index (Phi) is 3.77. The molecule has 0 spiro atoms. The van der Waals surface area contributed by atoms with Gasteiger partial charge in [0.05, 0.1) is 16.1 Å². The molecule has 1 aromatic carbocycles. The Morgan fingerprint density at radius 3 is 2.76 bits per heavy atom. The maximum Gasteiger partial charge on any atom is 0.233 e. The van der Waals surface area contributed by atoms with Crippen LogP contribution in [0.3, 0.4) is 0 Å². The number of halogens is 2. The van der Waals surface area contributed by atoms with E-state index in [1.807, 2.05) is 6.07 Å². The van der Waals surface area contributed by atoms with Crippen molar-refractivity contribution in [2.75, 3.05) is 0 Å². The molecule has 1 aromatic heterocycles. The highest BCUT2D eigenvalue weighted by atomic mass is 79.9. The zero-order chi connectivity index (χ0) is 12.3. The molecule has 0 N–H and O–H groups in total. The molecule has 0 radical (unpaired) electrons. The number of rotatable bonds is 2. The van der Waals surface area contributed by atoms with Crippen LogP contribution in [0, 0.1) is 11.3 Å². The molecule has 0 fully saturated rings. The minimum atomic E-state index is 0.461. The molecular formula is C12H6Br2N2O. The van der Waals surface area contributed by atoms with E-state index in [4.69, 9.17) is 10.00 Å². The fourth-order valence-corrected chi connectivity index (χ4v) is 2.29. The van der Waals surface area contributed by atoms with E-state index in [-0.39, 0.29) is 0 Å². The average Bonchev–Trinajstić information content (AvgIpc) is 2.33. The van der Waals surface area contributed by atoms with Crippen LogP contribution in [0.1, 0.15) is 5.56 Å². The third-order valence-electron chi connectivity index (χ3n) is 1.95. The van der Waals surface area contributed by atoms with E-state index < -0.39 is 0 Å². The summed E-state index contributed by atoms with van der Waals surface area (Å²) in [7, 11) is 0. The molecule has 1 heterocycles. The van der Waals surface area contributed by atoms with Crippen molar-refractivity contribution in [2.24, 2.45) is 0 Å². The highest BCUT2D eigenvalue weighted by molar-refractivity contribution is 9.11. The molecule has 2 aromatic rings. The van der Waals surface area contributed by atoms with Crippen molar-refractivity contribution in [3.05, 3.63) is 51.0 Å². The zero-order valence-corrected chi connectivity index (χ0v) is 11.7. The molecule has 0 atom stereocenters. The van der Waals surface area contributed by atoms with E-state index in [1.54, 1.807) is 30.5 Å². The van der Waals surface area contributed by atoms with Gasteiger partial charge in [-0.3, -0.25) is 0 Å². The van der Waals surface area contributed by atoms with Crippen LogP contribution in [-0.4, -0.2) is 4.98 Å². The SMILES string of the molecule is N#Cc1cccc(Oc2ncc(Br)cc2Br)c1.